The first-order valence-electron chi connectivity index (χ1n) is 3.37. The highest BCUT2D eigenvalue weighted by Crippen LogP contribution is 2.05. The Balaban J connectivity index is 3.04. The Morgan fingerprint density at radius 2 is 2.50 bits per heavy atom. The molecule has 0 N–H and O–H groups in total. The number of halogens is 1. The second-order valence-corrected chi connectivity index (χ2v) is 2.52. The predicted octanol–water partition coefficient (Wildman–Crippen LogP) is 1.17. The van der Waals surface area contributed by atoms with Crippen molar-refractivity contribution < 1.29 is 9.53 Å². The fraction of sp³-hybridized carbons (Fsp3) is 0.429. The van der Waals surface area contributed by atoms with E-state index in [1.165, 1.54) is 11.8 Å². The molecule has 0 radical (unpaired) electrons. The summed E-state index contributed by atoms with van der Waals surface area (Å²) >= 11 is 5.54. The molecule has 0 saturated carbocycles. The number of alkyl halides is 1. The van der Waals surface area contributed by atoms with Crippen molar-refractivity contribution in [3.05, 3.63) is 17.5 Å². The third-order valence-corrected chi connectivity index (χ3v) is 1.64. The van der Waals surface area contributed by atoms with Crippen molar-refractivity contribution >= 4 is 17.6 Å². The van der Waals surface area contributed by atoms with Gasteiger partial charge in [-0.05, 0) is 13.0 Å². The lowest BCUT2D eigenvalue weighted by Gasteiger charge is -1.99. The molecule has 0 aromatic carbocycles. The fourth-order valence-corrected chi connectivity index (χ4v) is 1.09. The van der Waals surface area contributed by atoms with Crippen molar-refractivity contribution in [1.29, 1.82) is 0 Å². The number of hydrogen-bond donors (Lipinski definition) is 0. The summed E-state index contributed by atoms with van der Waals surface area (Å²) in [5, 5.41) is 3.98. The van der Waals surface area contributed by atoms with Gasteiger partial charge in [0.15, 0.2) is 0 Å². The van der Waals surface area contributed by atoms with Crippen LogP contribution < -0.4 is 0 Å². The molecule has 1 heterocycles. The molecule has 0 saturated heterocycles. The highest BCUT2D eigenvalue weighted by atomic mass is 35.5. The van der Waals surface area contributed by atoms with E-state index in [9.17, 15) is 4.79 Å². The van der Waals surface area contributed by atoms with Gasteiger partial charge in [-0.2, -0.15) is 5.10 Å². The summed E-state index contributed by atoms with van der Waals surface area (Å²) < 4.78 is 5.93. The number of aromatic nitrogens is 2. The van der Waals surface area contributed by atoms with Crippen molar-refractivity contribution in [3.63, 3.8) is 0 Å². The van der Waals surface area contributed by atoms with E-state index in [0.717, 1.165) is 5.69 Å². The quantitative estimate of drug-likeness (QED) is 0.517. The minimum atomic E-state index is -0.420. The van der Waals surface area contributed by atoms with E-state index in [1.807, 2.05) is 0 Å². The average Bonchev–Trinajstić information content (AvgIpc) is 2.45. The molecule has 0 atom stereocenters. The smallest absolute Gasteiger partial charge is 0.356 e. The summed E-state index contributed by atoms with van der Waals surface area (Å²) in [4.78, 5) is 11.1. The highest BCUT2D eigenvalue weighted by Gasteiger charge is 2.12. The summed E-state index contributed by atoms with van der Waals surface area (Å²) in [6, 6.07) is 1.78. The number of nitrogens with zero attached hydrogens (tertiary/aromatic N) is 2. The average molecular weight is 189 g/mol. The van der Waals surface area contributed by atoms with Crippen molar-refractivity contribution in [1.82, 2.24) is 9.78 Å². The first-order valence-corrected chi connectivity index (χ1v) is 3.91. The zero-order valence-corrected chi connectivity index (χ0v) is 7.63. The number of methoxy groups -OCH3 is 1. The number of rotatable bonds is 2. The van der Waals surface area contributed by atoms with E-state index < -0.39 is 5.97 Å². The molecule has 5 heteroatoms. The molecule has 0 fully saturated rings. The monoisotopic (exact) mass is 188 g/mol. The molecule has 0 bridgehead atoms. The molecule has 0 aliphatic rings. The van der Waals surface area contributed by atoms with Gasteiger partial charge < -0.3 is 4.74 Å². The molecule has 1 rings (SSSR count). The lowest BCUT2D eigenvalue weighted by Crippen LogP contribution is -2.09. The summed E-state index contributed by atoms with van der Waals surface area (Å²) in [6.45, 7) is 1.79. The molecule has 66 valence electrons. The Bertz CT molecular complexity index is 296. The van der Waals surface area contributed by atoms with E-state index in [-0.39, 0.29) is 6.00 Å². The van der Waals surface area contributed by atoms with Crippen LogP contribution in [0, 0.1) is 6.92 Å². The van der Waals surface area contributed by atoms with Crippen molar-refractivity contribution in [3.8, 4) is 0 Å². The zero-order valence-electron chi connectivity index (χ0n) is 6.87. The van der Waals surface area contributed by atoms with Gasteiger partial charge in [-0.3, -0.25) is 0 Å². The predicted molar refractivity (Wildman–Crippen MR) is 44.2 cm³/mol. The van der Waals surface area contributed by atoms with Gasteiger partial charge in [-0.15, -0.1) is 11.6 Å². The lowest BCUT2D eigenvalue weighted by molar-refractivity contribution is 0.0588. The van der Waals surface area contributed by atoms with E-state index in [0.29, 0.717) is 5.69 Å². The summed E-state index contributed by atoms with van der Waals surface area (Å²) in [7, 11) is 1.32. The second kappa shape index (κ2) is 3.58. The van der Waals surface area contributed by atoms with Crippen LogP contribution in [0.15, 0.2) is 6.07 Å². The maximum atomic E-state index is 11.1. The van der Waals surface area contributed by atoms with Gasteiger partial charge in [0.25, 0.3) is 0 Å². The molecule has 4 nitrogen and oxygen atoms in total. The highest BCUT2D eigenvalue weighted by molar-refractivity contribution is 6.15. The molecular formula is C7H9ClN2O2. The Hall–Kier alpha value is -1.03. The third-order valence-electron chi connectivity index (χ3n) is 1.41. The third kappa shape index (κ3) is 1.58. The number of esters is 1. The largest absolute Gasteiger partial charge is 0.464 e. The normalized spacial score (nSPS) is 9.92. The Morgan fingerprint density at radius 1 is 1.83 bits per heavy atom. The van der Waals surface area contributed by atoms with Crippen LogP contribution in [-0.4, -0.2) is 22.9 Å². The molecule has 0 unspecified atom stereocenters. The van der Waals surface area contributed by atoms with Crippen LogP contribution in [0.1, 0.15) is 16.2 Å². The number of ether oxygens (including phenoxy) is 1. The van der Waals surface area contributed by atoms with Crippen LogP contribution in [0.2, 0.25) is 0 Å². The van der Waals surface area contributed by atoms with Crippen LogP contribution in [0.3, 0.4) is 0 Å². The molecular weight excluding hydrogens is 180 g/mol. The first-order chi connectivity index (χ1) is 5.69. The lowest BCUT2D eigenvalue weighted by atomic mass is 10.4. The molecule has 1 aromatic heterocycles. The summed E-state index contributed by atoms with van der Waals surface area (Å²) in [6.07, 6.45) is 0. The van der Waals surface area contributed by atoms with Gasteiger partial charge in [0.1, 0.15) is 11.7 Å². The Kier molecular flexibility index (Phi) is 2.70. The van der Waals surface area contributed by atoms with Crippen LogP contribution in [0.5, 0.6) is 0 Å². The van der Waals surface area contributed by atoms with Gasteiger partial charge in [-0.25, -0.2) is 9.48 Å². The van der Waals surface area contributed by atoms with E-state index in [1.54, 1.807) is 13.0 Å². The van der Waals surface area contributed by atoms with E-state index in [4.69, 9.17) is 11.6 Å². The fourth-order valence-electron chi connectivity index (χ4n) is 0.905. The maximum absolute atomic E-state index is 11.1. The van der Waals surface area contributed by atoms with E-state index in [2.05, 4.69) is 9.84 Å². The standard InChI is InChI=1S/C7H9ClN2O2/c1-5-3-6(7(11)12-2)10(4-8)9-5/h3H,4H2,1-2H3. The number of carbonyl (C=O) groups is 1. The first kappa shape index (κ1) is 9.06. The molecule has 0 amide bonds. The van der Waals surface area contributed by atoms with Gasteiger partial charge in [0, 0.05) is 0 Å². The van der Waals surface area contributed by atoms with Crippen molar-refractivity contribution in [2.75, 3.05) is 7.11 Å². The summed E-state index contributed by atoms with van der Waals surface area (Å²) in [5.41, 5.74) is 1.13. The zero-order chi connectivity index (χ0) is 9.14. The Labute approximate surface area is 75.1 Å². The minimum Gasteiger partial charge on any atom is -0.464 e. The van der Waals surface area contributed by atoms with Gasteiger partial charge in [0.2, 0.25) is 0 Å². The van der Waals surface area contributed by atoms with Crippen molar-refractivity contribution in [2.45, 2.75) is 12.9 Å². The molecule has 0 aliphatic heterocycles. The topological polar surface area (TPSA) is 44.1 Å². The Morgan fingerprint density at radius 3 is 3.00 bits per heavy atom. The van der Waals surface area contributed by atoms with Crippen molar-refractivity contribution in [2.24, 2.45) is 0 Å². The van der Waals surface area contributed by atoms with Gasteiger partial charge in [-0.1, -0.05) is 0 Å². The molecule has 0 aliphatic carbocycles. The number of aryl methyl sites for hydroxylation is 1. The van der Waals surface area contributed by atoms with Crippen LogP contribution in [-0.2, 0) is 10.7 Å². The second-order valence-electron chi connectivity index (χ2n) is 2.28. The van der Waals surface area contributed by atoms with Gasteiger partial charge >= 0.3 is 5.97 Å². The van der Waals surface area contributed by atoms with Crippen LogP contribution >= 0.6 is 11.6 Å². The van der Waals surface area contributed by atoms with E-state index >= 15 is 0 Å². The van der Waals surface area contributed by atoms with Gasteiger partial charge in [0.05, 0.1) is 12.8 Å². The number of hydrogen-bond acceptors (Lipinski definition) is 3. The molecule has 0 spiro atoms. The maximum Gasteiger partial charge on any atom is 0.356 e. The van der Waals surface area contributed by atoms with Crippen LogP contribution in [0.25, 0.3) is 0 Å². The minimum absolute atomic E-state index is 0.151. The summed E-state index contributed by atoms with van der Waals surface area (Å²) in [5.74, 6) is -0.420. The molecule has 1 aromatic rings. The molecule has 12 heavy (non-hydrogen) atoms. The van der Waals surface area contributed by atoms with Crippen LogP contribution in [0.4, 0.5) is 0 Å². The number of carbonyl (C=O) groups excluding carboxylic acids is 1. The SMILES string of the molecule is COC(=O)c1cc(C)nn1CCl.